The zero-order chi connectivity index (χ0) is 14.6. The van der Waals surface area contributed by atoms with Crippen molar-refractivity contribution < 1.29 is 19.6 Å². The highest BCUT2D eigenvalue weighted by Gasteiger charge is 2.21. The van der Waals surface area contributed by atoms with Crippen LogP contribution in [-0.4, -0.2) is 39.9 Å². The van der Waals surface area contributed by atoms with Gasteiger partial charge in [-0.05, 0) is 12.5 Å². The van der Waals surface area contributed by atoms with Crippen LogP contribution in [0.2, 0.25) is 0 Å². The number of rotatable bonds is 5. The Hall–Kier alpha value is -2.44. The lowest BCUT2D eigenvalue weighted by molar-refractivity contribution is -0.384. The minimum Gasteiger partial charge on any atom is -0.480 e. The molecule has 1 N–H and O–H groups in total. The number of nitro benzene ring substituents is 1. The maximum atomic E-state index is 11.8. The average Bonchev–Trinajstić information content (AvgIpc) is 2.37. The Labute approximate surface area is 109 Å². The minimum atomic E-state index is -1.08. The number of carbonyl (C=O) groups excluding carboxylic acids is 1. The van der Waals surface area contributed by atoms with Crippen LogP contribution in [0.25, 0.3) is 0 Å². The number of non-ortho nitro benzene ring substituents is 1. The third-order valence-corrected chi connectivity index (χ3v) is 2.83. The second-order valence-electron chi connectivity index (χ2n) is 4.12. The maximum absolute atomic E-state index is 11.8. The maximum Gasteiger partial charge on any atom is 0.326 e. The summed E-state index contributed by atoms with van der Waals surface area (Å²) in [5.41, 5.74) is 0.545. The van der Waals surface area contributed by atoms with Crippen molar-refractivity contribution in [1.29, 1.82) is 0 Å². The van der Waals surface area contributed by atoms with Crippen molar-refractivity contribution in [2.24, 2.45) is 0 Å². The van der Waals surface area contributed by atoms with Crippen LogP contribution >= 0.6 is 0 Å². The molecule has 1 rings (SSSR count). The molecule has 0 fully saturated rings. The number of carbonyl (C=O) groups is 2. The molecule has 7 nitrogen and oxygen atoms in total. The van der Waals surface area contributed by atoms with Gasteiger partial charge in [0.1, 0.15) is 6.04 Å². The van der Waals surface area contributed by atoms with Crippen molar-refractivity contribution in [3.05, 3.63) is 39.9 Å². The Bertz CT molecular complexity index is 497. The summed E-state index contributed by atoms with van der Waals surface area (Å²) in [6.07, 6.45) is 0.00607. The number of hydrogen-bond donors (Lipinski definition) is 1. The van der Waals surface area contributed by atoms with E-state index in [9.17, 15) is 19.7 Å². The molecule has 1 amide bonds. The number of nitro groups is 1. The van der Waals surface area contributed by atoms with Gasteiger partial charge in [0.05, 0.1) is 11.3 Å². The van der Waals surface area contributed by atoms with E-state index >= 15 is 0 Å². The van der Waals surface area contributed by atoms with Gasteiger partial charge in [-0.15, -0.1) is 0 Å². The molecule has 0 aliphatic heterocycles. The first-order valence-corrected chi connectivity index (χ1v) is 5.54. The number of carboxylic acids is 1. The zero-order valence-corrected chi connectivity index (χ0v) is 10.6. The first kappa shape index (κ1) is 14.6. The van der Waals surface area contributed by atoms with Crippen molar-refractivity contribution in [3.8, 4) is 0 Å². The van der Waals surface area contributed by atoms with Gasteiger partial charge in [0, 0.05) is 19.2 Å². The standard InChI is InChI=1S/C12H14N2O5/c1-8(12(16)17)13(2)11(15)7-9-3-5-10(6-4-9)14(18)19/h3-6,8H,7H2,1-2H3,(H,16,17). The number of nitrogens with zero attached hydrogens (tertiary/aromatic N) is 2. The quantitative estimate of drug-likeness (QED) is 0.634. The number of benzene rings is 1. The van der Waals surface area contributed by atoms with E-state index in [1.807, 2.05) is 0 Å². The molecule has 0 aliphatic carbocycles. The van der Waals surface area contributed by atoms with Crippen LogP contribution in [-0.2, 0) is 16.0 Å². The van der Waals surface area contributed by atoms with E-state index in [-0.39, 0.29) is 18.0 Å². The fourth-order valence-electron chi connectivity index (χ4n) is 1.42. The summed E-state index contributed by atoms with van der Waals surface area (Å²) < 4.78 is 0. The first-order valence-electron chi connectivity index (χ1n) is 5.54. The van der Waals surface area contributed by atoms with Crippen LogP contribution < -0.4 is 0 Å². The van der Waals surface area contributed by atoms with Crippen LogP contribution in [0.5, 0.6) is 0 Å². The van der Waals surface area contributed by atoms with Gasteiger partial charge in [0.25, 0.3) is 5.69 Å². The van der Waals surface area contributed by atoms with Crippen LogP contribution in [0.4, 0.5) is 5.69 Å². The number of likely N-dealkylation sites (N-methyl/N-ethyl adjacent to an activating group) is 1. The number of hydrogen-bond acceptors (Lipinski definition) is 4. The highest BCUT2D eigenvalue weighted by molar-refractivity contribution is 5.84. The van der Waals surface area contributed by atoms with Crippen molar-refractivity contribution in [2.45, 2.75) is 19.4 Å². The molecule has 1 atom stereocenters. The van der Waals surface area contributed by atoms with Gasteiger partial charge >= 0.3 is 5.97 Å². The van der Waals surface area contributed by atoms with Gasteiger partial charge in [-0.3, -0.25) is 14.9 Å². The Morgan fingerprint density at radius 1 is 1.37 bits per heavy atom. The minimum absolute atomic E-state index is 0.00607. The van der Waals surface area contributed by atoms with Gasteiger partial charge in [0.15, 0.2) is 0 Å². The van der Waals surface area contributed by atoms with E-state index in [0.29, 0.717) is 5.56 Å². The molecule has 102 valence electrons. The molecule has 0 saturated carbocycles. The molecule has 1 aromatic carbocycles. The highest BCUT2D eigenvalue weighted by Crippen LogP contribution is 2.13. The molecule has 0 aromatic heterocycles. The van der Waals surface area contributed by atoms with Crippen LogP contribution in [0.1, 0.15) is 12.5 Å². The molecular weight excluding hydrogens is 252 g/mol. The molecule has 0 bridgehead atoms. The molecule has 1 aromatic rings. The molecule has 0 saturated heterocycles. The lowest BCUT2D eigenvalue weighted by Crippen LogP contribution is -2.41. The van der Waals surface area contributed by atoms with Gasteiger partial charge in [0.2, 0.25) is 5.91 Å². The number of carboxylic acid groups (broad SMARTS) is 1. The van der Waals surface area contributed by atoms with Gasteiger partial charge < -0.3 is 10.0 Å². The van der Waals surface area contributed by atoms with Crippen molar-refractivity contribution >= 4 is 17.6 Å². The van der Waals surface area contributed by atoms with E-state index < -0.39 is 16.9 Å². The predicted octanol–water partition coefficient (Wildman–Crippen LogP) is 1.07. The Morgan fingerprint density at radius 2 is 1.89 bits per heavy atom. The third kappa shape index (κ3) is 3.77. The van der Waals surface area contributed by atoms with Gasteiger partial charge in [-0.1, -0.05) is 12.1 Å². The van der Waals surface area contributed by atoms with E-state index in [1.165, 1.54) is 38.2 Å². The third-order valence-electron chi connectivity index (χ3n) is 2.83. The molecule has 0 spiro atoms. The fourth-order valence-corrected chi connectivity index (χ4v) is 1.42. The van der Waals surface area contributed by atoms with E-state index in [4.69, 9.17) is 5.11 Å². The SMILES string of the molecule is CC(C(=O)O)N(C)C(=O)Cc1ccc([N+](=O)[O-])cc1. The summed E-state index contributed by atoms with van der Waals surface area (Å²) in [5.74, 6) is -1.44. The molecule has 0 radical (unpaired) electrons. The second kappa shape index (κ2) is 5.94. The van der Waals surface area contributed by atoms with Crippen molar-refractivity contribution in [1.82, 2.24) is 4.90 Å². The summed E-state index contributed by atoms with van der Waals surface area (Å²) in [6, 6.07) is 4.67. The van der Waals surface area contributed by atoms with E-state index in [0.717, 1.165) is 4.90 Å². The largest absolute Gasteiger partial charge is 0.480 e. The predicted molar refractivity (Wildman–Crippen MR) is 66.7 cm³/mol. The van der Waals surface area contributed by atoms with Gasteiger partial charge in [-0.25, -0.2) is 4.79 Å². The number of aliphatic carboxylic acids is 1. The molecule has 19 heavy (non-hydrogen) atoms. The normalized spacial score (nSPS) is 11.7. The molecule has 1 unspecified atom stereocenters. The zero-order valence-electron chi connectivity index (χ0n) is 10.6. The smallest absolute Gasteiger partial charge is 0.326 e. The van der Waals surface area contributed by atoms with Gasteiger partial charge in [-0.2, -0.15) is 0 Å². The lowest BCUT2D eigenvalue weighted by Gasteiger charge is -2.21. The average molecular weight is 266 g/mol. The van der Waals surface area contributed by atoms with Crippen LogP contribution in [0, 0.1) is 10.1 Å². The summed E-state index contributed by atoms with van der Waals surface area (Å²) in [7, 11) is 1.41. The van der Waals surface area contributed by atoms with Crippen molar-refractivity contribution in [3.63, 3.8) is 0 Å². The summed E-state index contributed by atoms with van der Waals surface area (Å²) in [4.78, 5) is 33.6. The monoisotopic (exact) mass is 266 g/mol. The second-order valence-corrected chi connectivity index (χ2v) is 4.12. The summed E-state index contributed by atoms with van der Waals surface area (Å²) in [6.45, 7) is 1.41. The molecular formula is C12H14N2O5. The highest BCUT2D eigenvalue weighted by atomic mass is 16.6. The first-order chi connectivity index (χ1) is 8.82. The molecule has 0 aliphatic rings. The molecule has 0 heterocycles. The van der Waals surface area contributed by atoms with Crippen LogP contribution in [0.15, 0.2) is 24.3 Å². The number of amides is 1. The fraction of sp³-hybridized carbons (Fsp3) is 0.333. The lowest BCUT2D eigenvalue weighted by atomic mass is 10.1. The Balaban J connectivity index is 2.71. The topological polar surface area (TPSA) is 101 Å². The Kier molecular flexibility index (Phi) is 4.57. The summed E-state index contributed by atoms with van der Waals surface area (Å²) >= 11 is 0. The van der Waals surface area contributed by atoms with Crippen molar-refractivity contribution in [2.75, 3.05) is 7.05 Å². The molecule has 7 heteroatoms. The Morgan fingerprint density at radius 3 is 2.32 bits per heavy atom. The van der Waals surface area contributed by atoms with E-state index in [2.05, 4.69) is 0 Å². The van der Waals surface area contributed by atoms with Crippen LogP contribution in [0.3, 0.4) is 0 Å². The summed E-state index contributed by atoms with van der Waals surface area (Å²) in [5, 5.41) is 19.3. The van der Waals surface area contributed by atoms with E-state index in [1.54, 1.807) is 0 Å².